The van der Waals surface area contributed by atoms with E-state index in [4.69, 9.17) is 0 Å². The lowest BCUT2D eigenvalue weighted by molar-refractivity contribution is 0.102. The molecule has 1 amide bonds. The van der Waals surface area contributed by atoms with Gasteiger partial charge in [0.05, 0.1) is 10.6 Å². The maximum absolute atomic E-state index is 12.8. The summed E-state index contributed by atoms with van der Waals surface area (Å²) < 4.78 is 27.7. The van der Waals surface area contributed by atoms with Gasteiger partial charge in [-0.25, -0.2) is 17.5 Å². The standard InChI is InChI=1S/C20H22N4O4S/c1-13-10-15(11-18(14(13)2)29(27,28)23(3)4)19(25)22-16-6-5-7-17(12-16)24-9-8-21-20(24)26/h5-12H,1-4H3,(H,21,26)(H,22,25). The molecule has 1 aromatic heterocycles. The van der Waals surface area contributed by atoms with Gasteiger partial charge >= 0.3 is 5.69 Å². The zero-order valence-corrected chi connectivity index (χ0v) is 17.4. The van der Waals surface area contributed by atoms with Crippen LogP contribution in [0.5, 0.6) is 0 Å². The number of hydrogen-bond donors (Lipinski definition) is 2. The van der Waals surface area contributed by atoms with E-state index in [1.54, 1.807) is 50.4 Å². The predicted octanol–water partition coefficient (Wildman–Crippen LogP) is 2.29. The van der Waals surface area contributed by atoms with Crippen molar-refractivity contribution in [2.24, 2.45) is 0 Å². The van der Waals surface area contributed by atoms with E-state index in [9.17, 15) is 18.0 Å². The Hall–Kier alpha value is -3.17. The molecule has 0 unspecified atom stereocenters. The number of aromatic amines is 1. The van der Waals surface area contributed by atoms with Crippen LogP contribution in [0.1, 0.15) is 21.5 Å². The number of imidazole rings is 1. The molecule has 0 bridgehead atoms. The van der Waals surface area contributed by atoms with E-state index in [1.165, 1.54) is 30.9 Å². The number of nitrogens with one attached hydrogen (secondary N) is 2. The summed E-state index contributed by atoms with van der Waals surface area (Å²) in [5.74, 6) is -0.443. The summed E-state index contributed by atoms with van der Waals surface area (Å²) in [6.07, 6.45) is 3.11. The van der Waals surface area contributed by atoms with Crippen LogP contribution in [-0.2, 0) is 10.0 Å². The van der Waals surface area contributed by atoms with Gasteiger partial charge in [0.2, 0.25) is 10.0 Å². The summed E-state index contributed by atoms with van der Waals surface area (Å²) in [7, 11) is -0.789. The van der Waals surface area contributed by atoms with Gasteiger partial charge in [0.1, 0.15) is 0 Å². The smallest absolute Gasteiger partial charge is 0.322 e. The van der Waals surface area contributed by atoms with Gasteiger partial charge in [-0.1, -0.05) is 6.07 Å². The molecule has 0 radical (unpaired) electrons. The number of carbonyl (C=O) groups excluding carboxylic acids is 1. The number of anilines is 1. The van der Waals surface area contributed by atoms with Crippen LogP contribution in [0.15, 0.2) is 58.5 Å². The third-order valence-electron chi connectivity index (χ3n) is 4.67. The van der Waals surface area contributed by atoms with Crippen LogP contribution in [0.4, 0.5) is 5.69 Å². The number of carbonyl (C=O) groups is 1. The molecule has 3 rings (SSSR count). The van der Waals surface area contributed by atoms with Crippen LogP contribution in [-0.4, -0.2) is 42.3 Å². The Morgan fingerprint density at radius 2 is 1.86 bits per heavy atom. The Kier molecular flexibility index (Phi) is 5.45. The second kappa shape index (κ2) is 7.69. The van der Waals surface area contributed by atoms with Gasteiger partial charge in [-0.3, -0.25) is 9.36 Å². The van der Waals surface area contributed by atoms with E-state index < -0.39 is 15.9 Å². The third-order valence-corrected chi connectivity index (χ3v) is 6.61. The first kappa shape index (κ1) is 20.6. The molecule has 2 N–H and O–H groups in total. The number of sulfonamides is 1. The molecule has 1 heterocycles. The minimum Gasteiger partial charge on any atom is -0.322 e. The Labute approximate surface area is 168 Å². The number of amides is 1. The van der Waals surface area contributed by atoms with Crippen molar-refractivity contribution in [1.29, 1.82) is 0 Å². The molecule has 0 spiro atoms. The number of benzene rings is 2. The summed E-state index contributed by atoms with van der Waals surface area (Å²) in [6.45, 7) is 3.48. The number of nitrogens with zero attached hydrogens (tertiary/aromatic N) is 2. The summed E-state index contributed by atoms with van der Waals surface area (Å²) in [5, 5.41) is 2.76. The van der Waals surface area contributed by atoms with E-state index in [2.05, 4.69) is 10.3 Å². The predicted molar refractivity (Wildman–Crippen MR) is 111 cm³/mol. The molecule has 9 heteroatoms. The molecule has 0 saturated carbocycles. The van der Waals surface area contributed by atoms with E-state index in [0.717, 1.165) is 4.31 Å². The maximum atomic E-state index is 12.8. The molecular formula is C20H22N4O4S. The van der Waals surface area contributed by atoms with Crippen LogP contribution < -0.4 is 11.0 Å². The van der Waals surface area contributed by atoms with Crippen LogP contribution in [0.25, 0.3) is 5.69 Å². The molecule has 0 aliphatic rings. The van der Waals surface area contributed by atoms with Gasteiger partial charge in [-0.05, 0) is 55.3 Å². The Morgan fingerprint density at radius 3 is 2.48 bits per heavy atom. The number of aryl methyl sites for hydroxylation is 1. The van der Waals surface area contributed by atoms with Crippen molar-refractivity contribution in [3.8, 4) is 5.69 Å². The van der Waals surface area contributed by atoms with E-state index in [1.807, 2.05) is 0 Å². The number of rotatable bonds is 5. The monoisotopic (exact) mass is 414 g/mol. The lowest BCUT2D eigenvalue weighted by atomic mass is 10.1. The normalized spacial score (nSPS) is 11.6. The summed E-state index contributed by atoms with van der Waals surface area (Å²) in [4.78, 5) is 27.2. The van der Waals surface area contributed by atoms with Crippen LogP contribution in [0.2, 0.25) is 0 Å². The maximum Gasteiger partial charge on any atom is 0.330 e. The third kappa shape index (κ3) is 4.01. The fraction of sp³-hybridized carbons (Fsp3) is 0.200. The highest BCUT2D eigenvalue weighted by molar-refractivity contribution is 7.89. The minimum absolute atomic E-state index is 0.0975. The number of hydrogen-bond acceptors (Lipinski definition) is 4. The van der Waals surface area contributed by atoms with Crippen molar-refractivity contribution in [3.63, 3.8) is 0 Å². The van der Waals surface area contributed by atoms with Crippen molar-refractivity contribution < 1.29 is 13.2 Å². The highest BCUT2D eigenvalue weighted by Crippen LogP contribution is 2.24. The fourth-order valence-electron chi connectivity index (χ4n) is 2.88. The minimum atomic E-state index is -3.69. The second-order valence-corrected chi connectivity index (χ2v) is 8.96. The molecule has 0 aliphatic heterocycles. The van der Waals surface area contributed by atoms with Crippen molar-refractivity contribution in [3.05, 3.63) is 76.0 Å². The first-order valence-corrected chi connectivity index (χ1v) is 10.3. The lowest BCUT2D eigenvalue weighted by Crippen LogP contribution is -2.24. The quantitative estimate of drug-likeness (QED) is 0.668. The average Bonchev–Trinajstić information content (AvgIpc) is 3.09. The number of aromatic nitrogens is 2. The van der Waals surface area contributed by atoms with Crippen LogP contribution in [0, 0.1) is 13.8 Å². The first-order chi connectivity index (χ1) is 13.6. The Morgan fingerprint density at radius 1 is 1.14 bits per heavy atom. The van der Waals surface area contributed by atoms with E-state index in [0.29, 0.717) is 22.5 Å². The molecule has 0 atom stereocenters. The summed E-state index contributed by atoms with van der Waals surface area (Å²) >= 11 is 0. The van der Waals surface area contributed by atoms with E-state index in [-0.39, 0.29) is 16.1 Å². The highest BCUT2D eigenvalue weighted by atomic mass is 32.2. The zero-order chi connectivity index (χ0) is 21.3. The number of H-pyrrole nitrogens is 1. The average molecular weight is 414 g/mol. The van der Waals surface area contributed by atoms with Crippen molar-refractivity contribution in [2.45, 2.75) is 18.7 Å². The van der Waals surface area contributed by atoms with Gasteiger partial charge in [-0.2, -0.15) is 0 Å². The zero-order valence-electron chi connectivity index (χ0n) is 16.6. The molecule has 3 aromatic rings. The highest BCUT2D eigenvalue weighted by Gasteiger charge is 2.23. The molecule has 29 heavy (non-hydrogen) atoms. The molecule has 0 aliphatic carbocycles. The Balaban J connectivity index is 1.96. The van der Waals surface area contributed by atoms with E-state index >= 15 is 0 Å². The Bertz CT molecular complexity index is 1240. The molecule has 8 nitrogen and oxygen atoms in total. The van der Waals surface area contributed by atoms with Gasteiger partial charge in [0, 0.05) is 37.7 Å². The van der Waals surface area contributed by atoms with Crippen LogP contribution >= 0.6 is 0 Å². The summed E-state index contributed by atoms with van der Waals surface area (Å²) in [6, 6.07) is 9.84. The molecule has 152 valence electrons. The second-order valence-electron chi connectivity index (χ2n) is 6.84. The van der Waals surface area contributed by atoms with Crippen LogP contribution in [0.3, 0.4) is 0 Å². The van der Waals surface area contributed by atoms with Crippen molar-refractivity contribution in [2.75, 3.05) is 19.4 Å². The SMILES string of the molecule is Cc1cc(C(=O)Nc2cccc(-n3cc[nH]c3=O)c2)cc(S(=O)(=O)N(C)C)c1C. The largest absolute Gasteiger partial charge is 0.330 e. The molecule has 0 saturated heterocycles. The first-order valence-electron chi connectivity index (χ1n) is 8.83. The summed E-state index contributed by atoms with van der Waals surface area (Å²) in [5.41, 5.74) is 2.31. The van der Waals surface area contributed by atoms with Crippen molar-refractivity contribution in [1.82, 2.24) is 13.9 Å². The molecular weight excluding hydrogens is 392 g/mol. The van der Waals surface area contributed by atoms with Crippen molar-refractivity contribution >= 4 is 21.6 Å². The molecule has 2 aromatic carbocycles. The fourth-order valence-corrected chi connectivity index (χ4v) is 4.10. The van der Waals surface area contributed by atoms with Gasteiger partial charge in [-0.15, -0.1) is 0 Å². The van der Waals surface area contributed by atoms with Gasteiger partial charge < -0.3 is 10.3 Å². The topological polar surface area (TPSA) is 104 Å². The molecule has 0 fully saturated rings. The van der Waals surface area contributed by atoms with Gasteiger partial charge in [0.15, 0.2) is 0 Å². The van der Waals surface area contributed by atoms with Gasteiger partial charge in [0.25, 0.3) is 5.91 Å². The lowest BCUT2D eigenvalue weighted by Gasteiger charge is -2.16.